The number of carbonyl (C=O) groups is 3. The van der Waals surface area contributed by atoms with Crippen molar-refractivity contribution < 1.29 is 28.7 Å². The number of aromatic nitrogens is 1. The molecule has 1 aromatic rings. The summed E-state index contributed by atoms with van der Waals surface area (Å²) in [5, 5.41) is 1.31. The first-order chi connectivity index (χ1) is 13.1. The highest BCUT2D eigenvalue weighted by Gasteiger charge is 2.33. The number of imide groups is 1. The number of rotatable bonds is 10. The van der Waals surface area contributed by atoms with Gasteiger partial charge in [-0.3, -0.25) is 14.2 Å². The summed E-state index contributed by atoms with van der Waals surface area (Å²) in [6.07, 6.45) is 1.67. The lowest BCUT2D eigenvalue weighted by molar-refractivity contribution is -0.197. The van der Waals surface area contributed by atoms with E-state index in [0.717, 1.165) is 5.03 Å². The van der Waals surface area contributed by atoms with E-state index in [1.807, 2.05) is 32.0 Å². The van der Waals surface area contributed by atoms with Crippen LogP contribution in [-0.4, -0.2) is 49.8 Å². The SMILES string of the molecule is CC(C)(CCP(=O)(O)CCC(=O)ON1C(=O)CCC1=O)SSc1ccccn1. The maximum absolute atomic E-state index is 12.4. The number of hydroxylamine groups is 2. The molecule has 2 amide bonds. The second-order valence-electron chi connectivity index (χ2n) is 6.93. The van der Waals surface area contributed by atoms with Crippen molar-refractivity contribution in [1.82, 2.24) is 10.0 Å². The van der Waals surface area contributed by atoms with Crippen molar-refractivity contribution in [1.29, 1.82) is 0 Å². The van der Waals surface area contributed by atoms with Crippen LogP contribution in [0.15, 0.2) is 29.4 Å². The second kappa shape index (κ2) is 9.91. The van der Waals surface area contributed by atoms with Crippen molar-refractivity contribution >= 4 is 46.7 Å². The molecule has 1 saturated heterocycles. The molecule has 8 nitrogen and oxygen atoms in total. The molecule has 0 spiro atoms. The number of amides is 2. The summed E-state index contributed by atoms with van der Waals surface area (Å²) in [6, 6.07) is 5.63. The Hall–Kier alpha value is -1.35. The third-order valence-corrected chi connectivity index (χ3v) is 9.03. The smallest absolute Gasteiger partial charge is 0.333 e. The largest absolute Gasteiger partial charge is 0.344 e. The van der Waals surface area contributed by atoms with Gasteiger partial charge in [0.1, 0.15) is 5.03 Å². The van der Waals surface area contributed by atoms with E-state index in [1.54, 1.807) is 17.0 Å². The number of carbonyl (C=O) groups excluding carboxylic acids is 3. The molecule has 11 heteroatoms. The Kier molecular flexibility index (Phi) is 8.12. The van der Waals surface area contributed by atoms with Gasteiger partial charge in [-0.05, 0) is 43.2 Å². The lowest BCUT2D eigenvalue weighted by Crippen LogP contribution is -2.32. The van der Waals surface area contributed by atoms with Crippen molar-refractivity contribution in [3.05, 3.63) is 24.4 Å². The van der Waals surface area contributed by atoms with Gasteiger partial charge in [0.25, 0.3) is 11.8 Å². The van der Waals surface area contributed by atoms with Gasteiger partial charge in [-0.25, -0.2) is 9.78 Å². The van der Waals surface area contributed by atoms with Gasteiger partial charge in [-0.1, -0.05) is 16.9 Å². The zero-order valence-corrected chi connectivity index (χ0v) is 18.2. The number of hydrogen-bond donors (Lipinski definition) is 1. The summed E-state index contributed by atoms with van der Waals surface area (Å²) < 4.78 is 12.1. The predicted octanol–water partition coefficient (Wildman–Crippen LogP) is 3.26. The summed E-state index contributed by atoms with van der Waals surface area (Å²) in [6.45, 7) is 3.96. The van der Waals surface area contributed by atoms with E-state index < -0.39 is 25.2 Å². The summed E-state index contributed by atoms with van der Waals surface area (Å²) in [4.78, 5) is 53.7. The monoisotopic (exact) mass is 446 g/mol. The van der Waals surface area contributed by atoms with Crippen LogP contribution in [0.1, 0.15) is 39.5 Å². The minimum Gasteiger partial charge on any atom is -0.344 e. The molecular weight excluding hydrogens is 423 g/mol. The van der Waals surface area contributed by atoms with Gasteiger partial charge in [0.15, 0.2) is 0 Å². The summed E-state index contributed by atoms with van der Waals surface area (Å²) in [5.74, 6) is -2.01. The van der Waals surface area contributed by atoms with Gasteiger partial charge in [-0.2, -0.15) is 0 Å². The molecule has 1 aliphatic heterocycles. The van der Waals surface area contributed by atoms with Crippen LogP contribution in [0.3, 0.4) is 0 Å². The highest BCUT2D eigenvalue weighted by molar-refractivity contribution is 8.77. The molecule has 1 atom stereocenters. The Bertz CT molecular complexity index is 758. The topological polar surface area (TPSA) is 114 Å². The predicted molar refractivity (Wildman–Crippen MR) is 108 cm³/mol. The minimum atomic E-state index is -3.54. The fourth-order valence-corrected chi connectivity index (χ4v) is 6.25. The first-order valence-corrected chi connectivity index (χ1v) is 12.9. The first-order valence-electron chi connectivity index (χ1n) is 8.72. The molecule has 1 fully saturated rings. The molecular formula is C17H23N2O6PS2. The Morgan fingerprint density at radius 2 is 1.96 bits per heavy atom. The number of nitrogens with zero attached hydrogens (tertiary/aromatic N) is 2. The number of pyridine rings is 1. The van der Waals surface area contributed by atoms with Crippen molar-refractivity contribution in [3.63, 3.8) is 0 Å². The van der Waals surface area contributed by atoms with Crippen LogP contribution in [0.25, 0.3) is 0 Å². The Labute approximate surface area is 171 Å². The van der Waals surface area contributed by atoms with E-state index in [0.29, 0.717) is 11.5 Å². The van der Waals surface area contributed by atoms with Gasteiger partial charge < -0.3 is 9.73 Å². The van der Waals surface area contributed by atoms with Gasteiger partial charge >= 0.3 is 5.97 Å². The lowest BCUT2D eigenvalue weighted by atomic mass is 10.1. The average Bonchev–Trinajstić information content (AvgIpc) is 2.96. The maximum Gasteiger partial charge on any atom is 0.333 e. The molecule has 154 valence electrons. The highest BCUT2D eigenvalue weighted by atomic mass is 33.1. The van der Waals surface area contributed by atoms with E-state index in [1.165, 1.54) is 10.8 Å². The zero-order chi connectivity index (χ0) is 20.8. The molecule has 2 heterocycles. The first kappa shape index (κ1) is 22.9. The van der Waals surface area contributed by atoms with E-state index in [-0.39, 0.29) is 36.3 Å². The van der Waals surface area contributed by atoms with Crippen LogP contribution < -0.4 is 0 Å². The second-order valence-corrected chi connectivity index (χ2v) is 12.4. The maximum atomic E-state index is 12.4. The third kappa shape index (κ3) is 7.58. The number of hydrogen-bond acceptors (Lipinski definition) is 8. The fourth-order valence-electron chi connectivity index (χ4n) is 2.22. The van der Waals surface area contributed by atoms with Crippen molar-refractivity contribution in [2.24, 2.45) is 0 Å². The molecule has 28 heavy (non-hydrogen) atoms. The highest BCUT2D eigenvalue weighted by Crippen LogP contribution is 2.48. The molecule has 1 aromatic heterocycles. The lowest BCUT2D eigenvalue weighted by Gasteiger charge is -2.24. The molecule has 0 aliphatic carbocycles. The summed E-state index contributed by atoms with van der Waals surface area (Å²) >= 11 is 0. The molecule has 0 bridgehead atoms. The molecule has 2 rings (SSSR count). The van der Waals surface area contributed by atoms with Crippen LogP contribution >= 0.6 is 29.0 Å². The Morgan fingerprint density at radius 3 is 2.57 bits per heavy atom. The van der Waals surface area contributed by atoms with Gasteiger partial charge in [0, 0.05) is 36.1 Å². The Balaban J connectivity index is 1.74. The normalized spacial score (nSPS) is 16.9. The zero-order valence-electron chi connectivity index (χ0n) is 15.7. The molecule has 1 unspecified atom stereocenters. The van der Waals surface area contributed by atoms with Crippen LogP contribution in [0.4, 0.5) is 0 Å². The van der Waals surface area contributed by atoms with E-state index in [2.05, 4.69) is 4.98 Å². The fraction of sp³-hybridized carbons (Fsp3) is 0.529. The van der Waals surface area contributed by atoms with Gasteiger partial charge in [0.05, 0.1) is 6.42 Å². The molecule has 0 aromatic carbocycles. The summed E-state index contributed by atoms with van der Waals surface area (Å²) in [5.41, 5.74) is 0. The van der Waals surface area contributed by atoms with E-state index >= 15 is 0 Å². The summed E-state index contributed by atoms with van der Waals surface area (Å²) in [7, 11) is -0.469. The van der Waals surface area contributed by atoms with Gasteiger partial charge in [-0.15, -0.1) is 5.06 Å². The quantitative estimate of drug-likeness (QED) is 0.328. The van der Waals surface area contributed by atoms with Crippen molar-refractivity contribution in [2.45, 2.75) is 49.3 Å². The van der Waals surface area contributed by atoms with Crippen LogP contribution in [-0.2, 0) is 23.8 Å². The minimum absolute atomic E-state index is 0.00781. The standard InChI is InChI=1S/C17H23N2O6PS2/c1-17(2,28-27-13-5-3-4-10-18-13)9-12-26(23,24)11-8-16(22)25-19-14(20)6-7-15(19)21/h3-5,10H,6-9,11-12H2,1-2H3,(H,23,24). The van der Waals surface area contributed by atoms with E-state index in [9.17, 15) is 23.8 Å². The molecule has 1 aliphatic rings. The molecule has 0 saturated carbocycles. The third-order valence-electron chi connectivity index (χ3n) is 3.92. The van der Waals surface area contributed by atoms with Crippen LogP contribution in [0.5, 0.6) is 0 Å². The van der Waals surface area contributed by atoms with E-state index in [4.69, 9.17) is 4.84 Å². The van der Waals surface area contributed by atoms with Crippen LogP contribution in [0, 0.1) is 0 Å². The van der Waals surface area contributed by atoms with Gasteiger partial charge in [0.2, 0.25) is 7.37 Å². The average molecular weight is 446 g/mol. The van der Waals surface area contributed by atoms with Crippen molar-refractivity contribution in [3.8, 4) is 0 Å². The van der Waals surface area contributed by atoms with Crippen molar-refractivity contribution in [2.75, 3.05) is 12.3 Å². The molecule has 0 radical (unpaired) electrons. The van der Waals surface area contributed by atoms with Crippen LogP contribution in [0.2, 0.25) is 0 Å². The Morgan fingerprint density at radius 1 is 1.29 bits per heavy atom. The molecule has 1 N–H and O–H groups in total.